The monoisotopic (exact) mass is 270 g/mol. The van der Waals surface area contributed by atoms with Gasteiger partial charge in [0.2, 0.25) is 11.0 Å². The number of halogens is 1. The Morgan fingerprint density at radius 1 is 1.44 bits per heavy atom. The maximum atomic E-state index is 11.0. The summed E-state index contributed by atoms with van der Waals surface area (Å²) in [4.78, 5) is 18.6. The van der Waals surface area contributed by atoms with Gasteiger partial charge in [-0.3, -0.25) is 10.1 Å². The fraction of sp³-hybridized carbons (Fsp3) is 0.636. The van der Waals surface area contributed by atoms with Crippen molar-refractivity contribution in [1.29, 1.82) is 0 Å². The average Bonchev–Trinajstić information content (AvgIpc) is 2.80. The highest BCUT2D eigenvalue weighted by Gasteiger charge is 2.26. The summed E-state index contributed by atoms with van der Waals surface area (Å²) >= 11 is 5.86. The second-order valence-electron chi connectivity index (χ2n) is 4.36. The first-order valence-corrected chi connectivity index (χ1v) is 6.47. The third-order valence-electron chi connectivity index (χ3n) is 3.08. The van der Waals surface area contributed by atoms with Crippen LogP contribution in [0.25, 0.3) is 0 Å². The zero-order valence-corrected chi connectivity index (χ0v) is 10.9. The molecule has 1 aromatic rings. The van der Waals surface area contributed by atoms with Crippen molar-refractivity contribution in [2.24, 2.45) is 0 Å². The highest BCUT2D eigenvalue weighted by atomic mass is 35.5. The quantitative estimate of drug-likeness (QED) is 0.517. The Labute approximate surface area is 110 Å². The summed E-state index contributed by atoms with van der Waals surface area (Å²) < 4.78 is 0. The fourth-order valence-corrected chi connectivity index (χ4v) is 2.41. The second kappa shape index (κ2) is 5.48. The lowest BCUT2D eigenvalue weighted by atomic mass is 10.2. The van der Waals surface area contributed by atoms with Crippen LogP contribution in [0.3, 0.4) is 0 Å². The van der Waals surface area contributed by atoms with Crippen molar-refractivity contribution in [2.45, 2.75) is 45.1 Å². The zero-order chi connectivity index (χ0) is 13.1. The van der Waals surface area contributed by atoms with Crippen molar-refractivity contribution < 1.29 is 4.92 Å². The number of hydrogen-bond acceptors (Lipinski definition) is 5. The summed E-state index contributed by atoms with van der Waals surface area (Å²) in [5.41, 5.74) is -0.222. The molecule has 0 spiro atoms. The Balaban J connectivity index is 2.34. The molecule has 18 heavy (non-hydrogen) atoms. The second-order valence-corrected chi connectivity index (χ2v) is 4.72. The Hall–Kier alpha value is -1.43. The number of aryl methyl sites for hydroxylation is 1. The van der Waals surface area contributed by atoms with Crippen LogP contribution in [0.1, 0.15) is 38.4 Å². The molecule has 0 aromatic carbocycles. The molecular weight excluding hydrogens is 256 g/mol. The van der Waals surface area contributed by atoms with Crippen LogP contribution in [-0.4, -0.2) is 20.9 Å². The van der Waals surface area contributed by atoms with Gasteiger partial charge in [0.05, 0.1) is 4.92 Å². The van der Waals surface area contributed by atoms with Crippen LogP contribution < -0.4 is 5.32 Å². The van der Waals surface area contributed by atoms with Crippen LogP contribution in [0.5, 0.6) is 0 Å². The van der Waals surface area contributed by atoms with Crippen LogP contribution in [0.4, 0.5) is 11.5 Å². The van der Waals surface area contributed by atoms with Gasteiger partial charge in [0.25, 0.3) is 0 Å². The first-order valence-electron chi connectivity index (χ1n) is 6.09. The molecule has 1 aromatic heterocycles. The van der Waals surface area contributed by atoms with E-state index in [4.69, 9.17) is 11.6 Å². The van der Waals surface area contributed by atoms with E-state index in [1.54, 1.807) is 0 Å². The van der Waals surface area contributed by atoms with Gasteiger partial charge in [-0.2, -0.15) is 0 Å². The molecule has 0 atom stereocenters. The molecule has 6 nitrogen and oxygen atoms in total. The minimum absolute atomic E-state index is 0.0904. The summed E-state index contributed by atoms with van der Waals surface area (Å²) in [5.74, 6) is 0.773. The standard InChI is InChI=1S/C11H15ClN4O2/c1-2-8-14-10(12)9(16(17)18)11(15-8)13-7-5-3-4-6-7/h7H,2-6H2,1H3,(H,13,14,15). The normalized spacial score (nSPS) is 15.9. The molecule has 0 saturated heterocycles. The minimum Gasteiger partial charge on any atom is -0.361 e. The molecule has 7 heteroatoms. The van der Waals surface area contributed by atoms with Gasteiger partial charge < -0.3 is 5.32 Å². The predicted octanol–water partition coefficient (Wildman–Crippen LogP) is 2.96. The zero-order valence-electron chi connectivity index (χ0n) is 10.1. The van der Waals surface area contributed by atoms with Gasteiger partial charge in [-0.25, -0.2) is 9.97 Å². The van der Waals surface area contributed by atoms with Gasteiger partial charge in [-0.15, -0.1) is 0 Å². The number of nitrogens with one attached hydrogen (secondary N) is 1. The Kier molecular flexibility index (Phi) is 3.96. The summed E-state index contributed by atoms with van der Waals surface area (Å²) in [6, 6.07) is 0.249. The molecule has 1 fully saturated rings. The lowest BCUT2D eigenvalue weighted by Crippen LogP contribution is -2.18. The molecule has 1 aliphatic rings. The highest BCUT2D eigenvalue weighted by Crippen LogP contribution is 2.32. The van der Waals surface area contributed by atoms with E-state index >= 15 is 0 Å². The number of hydrogen-bond donors (Lipinski definition) is 1. The molecule has 1 heterocycles. The Morgan fingerprint density at radius 2 is 2.11 bits per heavy atom. The first-order chi connectivity index (χ1) is 8.61. The summed E-state index contributed by atoms with van der Waals surface area (Å²) in [5, 5.41) is 14.1. The van der Waals surface area contributed by atoms with Crippen LogP contribution >= 0.6 is 11.6 Å². The number of nitrogens with zero attached hydrogens (tertiary/aromatic N) is 3. The van der Waals surface area contributed by atoms with Crippen molar-refractivity contribution in [3.8, 4) is 0 Å². The lowest BCUT2D eigenvalue weighted by molar-refractivity contribution is -0.384. The van der Waals surface area contributed by atoms with E-state index in [0.717, 1.165) is 25.7 Å². The van der Waals surface area contributed by atoms with Crippen LogP contribution in [-0.2, 0) is 6.42 Å². The molecular formula is C11H15ClN4O2. The molecule has 1 saturated carbocycles. The van der Waals surface area contributed by atoms with E-state index in [-0.39, 0.29) is 22.7 Å². The van der Waals surface area contributed by atoms with Crippen LogP contribution in [0, 0.1) is 10.1 Å². The third-order valence-corrected chi connectivity index (χ3v) is 3.35. The van der Waals surface area contributed by atoms with Gasteiger partial charge in [-0.05, 0) is 12.8 Å². The van der Waals surface area contributed by atoms with Crippen LogP contribution in [0.2, 0.25) is 5.15 Å². The molecule has 0 unspecified atom stereocenters. The maximum absolute atomic E-state index is 11.0. The molecule has 1 aliphatic carbocycles. The molecule has 0 amide bonds. The summed E-state index contributed by atoms with van der Waals surface area (Å²) in [6.07, 6.45) is 4.91. The van der Waals surface area contributed by atoms with Gasteiger partial charge in [-0.1, -0.05) is 31.4 Å². The number of anilines is 1. The van der Waals surface area contributed by atoms with E-state index in [0.29, 0.717) is 12.2 Å². The van der Waals surface area contributed by atoms with Crippen molar-refractivity contribution in [3.05, 3.63) is 21.1 Å². The fourth-order valence-electron chi connectivity index (χ4n) is 2.16. The van der Waals surface area contributed by atoms with E-state index < -0.39 is 4.92 Å². The van der Waals surface area contributed by atoms with Crippen molar-refractivity contribution in [1.82, 2.24) is 9.97 Å². The van der Waals surface area contributed by atoms with Crippen LogP contribution in [0.15, 0.2) is 0 Å². The topological polar surface area (TPSA) is 81.0 Å². The van der Waals surface area contributed by atoms with Gasteiger partial charge in [0, 0.05) is 12.5 Å². The Morgan fingerprint density at radius 3 is 2.67 bits per heavy atom. The maximum Gasteiger partial charge on any atom is 0.348 e. The van der Waals surface area contributed by atoms with E-state index in [9.17, 15) is 10.1 Å². The van der Waals surface area contributed by atoms with E-state index in [1.165, 1.54) is 0 Å². The smallest absolute Gasteiger partial charge is 0.348 e. The molecule has 98 valence electrons. The van der Waals surface area contributed by atoms with E-state index in [2.05, 4.69) is 15.3 Å². The van der Waals surface area contributed by atoms with Crippen molar-refractivity contribution >= 4 is 23.1 Å². The average molecular weight is 271 g/mol. The summed E-state index contributed by atoms with van der Waals surface area (Å²) in [7, 11) is 0. The SMILES string of the molecule is CCc1nc(Cl)c([N+](=O)[O-])c(NC2CCCC2)n1. The molecule has 2 rings (SSSR count). The number of nitro groups is 1. The molecule has 0 bridgehead atoms. The highest BCUT2D eigenvalue weighted by molar-refractivity contribution is 6.31. The van der Waals surface area contributed by atoms with Crippen molar-refractivity contribution in [2.75, 3.05) is 5.32 Å². The van der Waals surface area contributed by atoms with Gasteiger partial charge in [0.15, 0.2) is 0 Å². The predicted molar refractivity (Wildman–Crippen MR) is 69.0 cm³/mol. The third kappa shape index (κ3) is 2.69. The lowest BCUT2D eigenvalue weighted by Gasteiger charge is -2.13. The molecule has 0 aliphatic heterocycles. The van der Waals surface area contributed by atoms with Gasteiger partial charge in [0.1, 0.15) is 5.82 Å². The molecule has 0 radical (unpaired) electrons. The van der Waals surface area contributed by atoms with Gasteiger partial charge >= 0.3 is 5.69 Å². The van der Waals surface area contributed by atoms with E-state index in [1.807, 2.05) is 6.92 Å². The molecule has 1 N–H and O–H groups in total. The Bertz CT molecular complexity index is 461. The van der Waals surface area contributed by atoms with Crippen molar-refractivity contribution in [3.63, 3.8) is 0 Å². The largest absolute Gasteiger partial charge is 0.361 e. The first kappa shape index (κ1) is 13.0. The summed E-state index contributed by atoms with van der Waals surface area (Å²) in [6.45, 7) is 1.89. The number of aromatic nitrogens is 2. The number of rotatable bonds is 4. The minimum atomic E-state index is -0.529.